The van der Waals surface area contributed by atoms with E-state index in [9.17, 15) is 31.1 Å². The minimum absolute atomic E-state index is 0.0262. The minimum Gasteiger partial charge on any atom is -0.368 e. The number of nitrogens with one attached hydrogen (secondary N) is 2. The van der Waals surface area contributed by atoms with Crippen molar-refractivity contribution in [2.75, 3.05) is 5.32 Å². The number of hydrogen-bond acceptors (Lipinski definition) is 2. The summed E-state index contributed by atoms with van der Waals surface area (Å²) in [5, 5.41) is 4.54. The molecule has 2 aromatic carbocycles. The van der Waals surface area contributed by atoms with Gasteiger partial charge in [-0.1, -0.05) is 42.5 Å². The fraction of sp³-hybridized carbons (Fsp3) is 0.176. The largest absolute Gasteiger partial charge is 0.416 e. The van der Waals surface area contributed by atoms with Crippen LogP contribution in [0.25, 0.3) is 0 Å². The first-order valence-corrected chi connectivity index (χ1v) is 7.80. The molecule has 0 bridgehead atoms. The van der Waals surface area contributed by atoms with Crippen LogP contribution in [0.2, 0.25) is 0 Å². The van der Waals surface area contributed by atoms with E-state index in [4.69, 9.17) is 12.2 Å². The first kappa shape index (κ1) is 20.7. The maximum atomic E-state index is 12.8. The molecule has 3 nitrogen and oxygen atoms in total. The zero-order chi connectivity index (χ0) is 20.2. The van der Waals surface area contributed by atoms with Crippen molar-refractivity contribution in [2.45, 2.75) is 18.9 Å². The Balaban J connectivity index is 2.15. The number of rotatable bonds is 3. The molecular weight excluding hydrogens is 394 g/mol. The lowest BCUT2D eigenvalue weighted by Crippen LogP contribution is -2.33. The van der Waals surface area contributed by atoms with Gasteiger partial charge >= 0.3 is 12.4 Å². The maximum absolute atomic E-state index is 12.8. The van der Waals surface area contributed by atoms with Gasteiger partial charge in [-0.3, -0.25) is 4.79 Å². The molecule has 0 aliphatic rings. The quantitative estimate of drug-likeness (QED) is 0.570. The van der Waals surface area contributed by atoms with Crippen LogP contribution in [0.1, 0.15) is 16.7 Å². The van der Waals surface area contributed by atoms with E-state index >= 15 is 0 Å². The summed E-state index contributed by atoms with van der Waals surface area (Å²) in [5.41, 5.74) is -2.94. The number of carbonyl (C=O) groups excluding carboxylic acids is 1. The summed E-state index contributed by atoms with van der Waals surface area (Å²) in [7, 11) is 0. The molecule has 0 saturated carbocycles. The molecule has 0 aliphatic carbocycles. The summed E-state index contributed by atoms with van der Waals surface area (Å²) < 4.78 is 76.9. The smallest absolute Gasteiger partial charge is 0.368 e. The minimum atomic E-state index is -5.01. The van der Waals surface area contributed by atoms with E-state index < -0.39 is 35.1 Å². The van der Waals surface area contributed by atoms with Gasteiger partial charge in [-0.15, -0.1) is 0 Å². The van der Waals surface area contributed by atoms with Gasteiger partial charge in [0.15, 0.2) is 4.99 Å². The van der Waals surface area contributed by atoms with Crippen molar-refractivity contribution >= 4 is 28.8 Å². The van der Waals surface area contributed by atoms with Crippen LogP contribution < -0.4 is 10.6 Å². The number of carbonyl (C=O) groups is 1. The van der Waals surface area contributed by atoms with Crippen LogP contribution in [0.15, 0.2) is 48.5 Å². The topological polar surface area (TPSA) is 41.1 Å². The third kappa shape index (κ3) is 5.95. The van der Waals surface area contributed by atoms with Gasteiger partial charge in [0.25, 0.3) is 5.91 Å². The molecule has 2 aromatic rings. The Hall–Kier alpha value is -2.62. The summed E-state index contributed by atoms with van der Waals surface area (Å²) in [6.45, 7) is 0.170. The molecule has 0 atom stereocenters. The Bertz CT molecular complexity index is 801. The van der Waals surface area contributed by atoms with E-state index in [1.807, 2.05) is 5.32 Å². The van der Waals surface area contributed by atoms with Crippen molar-refractivity contribution in [3.05, 3.63) is 65.2 Å². The van der Waals surface area contributed by atoms with Gasteiger partial charge < -0.3 is 10.6 Å². The first-order chi connectivity index (χ1) is 12.5. The summed E-state index contributed by atoms with van der Waals surface area (Å²) in [6, 6.07) is 9.57. The highest BCUT2D eigenvalue weighted by Crippen LogP contribution is 2.37. The number of amides is 1. The van der Waals surface area contributed by atoms with Gasteiger partial charge in [0, 0.05) is 12.2 Å². The molecule has 2 rings (SSSR count). The standard InChI is InChI=1S/C17H12F6N2OS/c18-16(19,20)11-6-12(17(21,22)23)8-13(7-11)25-14(26)15(27)24-9-10-4-2-1-3-5-10/h1-8H,9H2,(H,24,27)(H,25,26). The molecule has 1 amide bonds. The Labute approximate surface area is 155 Å². The monoisotopic (exact) mass is 406 g/mol. The van der Waals surface area contributed by atoms with Gasteiger partial charge in [-0.05, 0) is 23.8 Å². The van der Waals surface area contributed by atoms with Crippen molar-refractivity contribution in [3.8, 4) is 0 Å². The summed E-state index contributed by atoms with van der Waals surface area (Å²) in [5.74, 6) is -1.02. The van der Waals surface area contributed by atoms with E-state index in [-0.39, 0.29) is 17.6 Å². The van der Waals surface area contributed by atoms with Gasteiger partial charge in [0.2, 0.25) is 0 Å². The van der Waals surface area contributed by atoms with E-state index in [1.54, 1.807) is 30.3 Å². The zero-order valence-corrected chi connectivity index (χ0v) is 14.2. The molecule has 0 radical (unpaired) electrons. The molecule has 0 saturated heterocycles. The molecular formula is C17H12F6N2OS. The van der Waals surface area contributed by atoms with Crippen LogP contribution in [0.4, 0.5) is 32.0 Å². The average molecular weight is 406 g/mol. The number of hydrogen-bond donors (Lipinski definition) is 2. The highest BCUT2D eigenvalue weighted by atomic mass is 32.1. The van der Waals surface area contributed by atoms with Gasteiger partial charge in [0.05, 0.1) is 11.1 Å². The van der Waals surface area contributed by atoms with Crippen molar-refractivity contribution in [1.82, 2.24) is 5.32 Å². The molecule has 0 heterocycles. The Morgan fingerprint density at radius 1 is 0.889 bits per heavy atom. The number of thiocarbonyl (C=S) groups is 1. The number of anilines is 1. The Morgan fingerprint density at radius 2 is 1.41 bits per heavy atom. The van der Waals surface area contributed by atoms with Crippen LogP contribution in [-0.2, 0) is 23.7 Å². The second-order valence-corrected chi connectivity index (χ2v) is 5.83. The lowest BCUT2D eigenvalue weighted by molar-refractivity contribution is -0.143. The zero-order valence-electron chi connectivity index (χ0n) is 13.4. The summed E-state index contributed by atoms with van der Waals surface area (Å²) >= 11 is 4.82. The van der Waals surface area contributed by atoms with Gasteiger partial charge in [-0.2, -0.15) is 26.3 Å². The number of benzene rings is 2. The van der Waals surface area contributed by atoms with Crippen molar-refractivity contribution in [2.24, 2.45) is 0 Å². The van der Waals surface area contributed by atoms with E-state index in [0.717, 1.165) is 5.56 Å². The number of halogens is 6. The van der Waals surface area contributed by atoms with Crippen LogP contribution in [0.5, 0.6) is 0 Å². The Morgan fingerprint density at radius 3 is 1.89 bits per heavy atom. The maximum Gasteiger partial charge on any atom is 0.416 e. The third-order valence-corrected chi connectivity index (χ3v) is 3.68. The van der Waals surface area contributed by atoms with Crippen molar-refractivity contribution < 1.29 is 31.1 Å². The SMILES string of the molecule is O=C(Nc1cc(C(F)(F)F)cc(C(F)(F)F)c1)C(=S)NCc1ccccc1. The second kappa shape index (κ2) is 7.95. The lowest BCUT2D eigenvalue weighted by Gasteiger charge is -2.15. The second-order valence-electron chi connectivity index (χ2n) is 5.42. The van der Waals surface area contributed by atoms with Crippen LogP contribution in [-0.4, -0.2) is 10.9 Å². The highest BCUT2D eigenvalue weighted by molar-refractivity contribution is 7.82. The number of alkyl halides is 6. The summed E-state index contributed by atoms with van der Waals surface area (Å²) in [4.78, 5) is 11.6. The van der Waals surface area contributed by atoms with E-state index in [2.05, 4.69) is 5.32 Å². The molecule has 2 N–H and O–H groups in total. The molecule has 144 valence electrons. The van der Waals surface area contributed by atoms with E-state index in [0.29, 0.717) is 12.1 Å². The van der Waals surface area contributed by atoms with Crippen molar-refractivity contribution in [1.29, 1.82) is 0 Å². The van der Waals surface area contributed by atoms with Gasteiger partial charge in [-0.25, -0.2) is 0 Å². The predicted molar refractivity (Wildman–Crippen MR) is 91.0 cm³/mol. The Kier molecular flexibility index (Phi) is 6.09. The van der Waals surface area contributed by atoms with E-state index in [1.165, 1.54) is 0 Å². The predicted octanol–water partition coefficient (Wildman–Crippen LogP) is 4.78. The molecule has 0 fully saturated rings. The summed E-state index contributed by atoms with van der Waals surface area (Å²) in [6.07, 6.45) is -10.0. The first-order valence-electron chi connectivity index (χ1n) is 7.39. The third-order valence-electron chi connectivity index (χ3n) is 3.35. The van der Waals surface area contributed by atoms with Crippen LogP contribution >= 0.6 is 12.2 Å². The highest BCUT2D eigenvalue weighted by Gasteiger charge is 2.37. The average Bonchev–Trinajstić information content (AvgIpc) is 2.58. The molecule has 0 aromatic heterocycles. The van der Waals surface area contributed by atoms with Crippen LogP contribution in [0, 0.1) is 0 Å². The van der Waals surface area contributed by atoms with Gasteiger partial charge in [0.1, 0.15) is 0 Å². The fourth-order valence-corrected chi connectivity index (χ4v) is 2.20. The molecule has 27 heavy (non-hydrogen) atoms. The van der Waals surface area contributed by atoms with Crippen molar-refractivity contribution in [3.63, 3.8) is 0 Å². The molecule has 0 spiro atoms. The lowest BCUT2D eigenvalue weighted by atomic mass is 10.1. The molecule has 0 aliphatic heterocycles. The fourth-order valence-electron chi connectivity index (χ4n) is 2.07. The normalized spacial score (nSPS) is 11.8. The molecule has 0 unspecified atom stereocenters. The van der Waals surface area contributed by atoms with Crippen LogP contribution in [0.3, 0.4) is 0 Å². The molecule has 10 heteroatoms.